The van der Waals surface area contributed by atoms with Gasteiger partial charge in [0, 0.05) is 27.7 Å². The van der Waals surface area contributed by atoms with Crippen LogP contribution in [-0.4, -0.2) is 0 Å². The minimum Gasteiger partial charge on any atom is -0.0810 e. The Labute approximate surface area is 126 Å². The first kappa shape index (κ1) is 14.9. The average molecular weight is 485 g/mol. The van der Waals surface area contributed by atoms with Crippen LogP contribution in [-0.2, 0) is 27.7 Å². The number of benzene rings is 1. The molecule has 0 amide bonds. The van der Waals surface area contributed by atoms with Crippen LogP contribution in [0.25, 0.3) is 0 Å². The third-order valence-corrected chi connectivity index (χ3v) is 4.00. The molecule has 0 spiro atoms. The second kappa shape index (κ2) is 5.84. The normalized spacial score (nSPS) is 9.69. The molecule has 1 rings (SSSR count). The van der Waals surface area contributed by atoms with E-state index in [0.717, 1.165) is 0 Å². The topological polar surface area (TPSA) is 0 Å². The van der Waals surface area contributed by atoms with Crippen molar-refractivity contribution in [3.8, 4) is 0 Å². The van der Waals surface area contributed by atoms with Crippen LogP contribution in [0, 0.1) is 0 Å². The van der Waals surface area contributed by atoms with Crippen molar-refractivity contribution in [2.75, 3.05) is 0 Å². The van der Waals surface area contributed by atoms with E-state index in [0.29, 0.717) is 0 Å². The molecule has 0 unspecified atom stereocenters. The molecule has 0 heterocycles. The molecule has 0 N–H and O–H groups in total. The Morgan fingerprint density at radius 1 is 0.385 bits per heavy atom. The Balaban J connectivity index is 0.00000144. The number of hydrogen-bond donors (Lipinski definition) is 0. The summed E-state index contributed by atoms with van der Waals surface area (Å²) in [7, 11) is 0. The molecule has 0 aliphatic rings. The van der Waals surface area contributed by atoms with Gasteiger partial charge in [0.1, 0.15) is 0 Å². The Hall–Kier alpha value is 1.90. The molecule has 68 valence electrons. The summed E-state index contributed by atoms with van der Waals surface area (Å²) >= 11 is 34.0. The smallest absolute Gasteiger partial charge is 0.0810 e. The summed E-state index contributed by atoms with van der Waals surface area (Å²) in [5, 5.41) is 0.654. The maximum atomic E-state index is 5.67. The Morgan fingerprint density at radius 3 is 0.538 bits per heavy atom. The minimum atomic E-state index is 0. The third-order valence-electron chi connectivity index (χ3n) is 1.16. The van der Waals surface area contributed by atoms with Gasteiger partial charge in [0.05, 0.1) is 30.1 Å². The zero-order valence-corrected chi connectivity index (χ0v) is 16.0. The van der Waals surface area contributed by atoms with Crippen molar-refractivity contribution in [3.05, 3.63) is 30.1 Å². The summed E-state index contributed by atoms with van der Waals surface area (Å²) in [4.78, 5) is 0. The van der Waals surface area contributed by atoms with Gasteiger partial charge in [-0.05, 0) is 0 Å². The number of halogens is 6. The second-order valence-electron chi connectivity index (χ2n) is 1.88. The number of hydrogen-bond acceptors (Lipinski definition) is 0. The average Bonchev–Trinajstić information content (AvgIpc) is 2.08. The van der Waals surface area contributed by atoms with Crippen LogP contribution < -0.4 is 0 Å². The van der Waals surface area contributed by atoms with Gasteiger partial charge in [-0.2, -0.15) is 0 Å². The largest absolute Gasteiger partial charge is 0.0810 e. The van der Waals surface area contributed by atoms with Crippen molar-refractivity contribution in [3.63, 3.8) is 0 Å². The Bertz CT molecular complexity index is 231. The van der Waals surface area contributed by atoms with E-state index >= 15 is 0 Å². The summed E-state index contributed by atoms with van der Waals surface area (Å²) < 4.78 is 0. The molecule has 0 saturated carbocycles. The molecule has 0 atom stereocenters. The SMILES string of the molecule is Clc1c(Cl)c(Cl)c(Cl)c(Cl)c1Cl.[Hg]. The monoisotopic (exact) mass is 484 g/mol. The van der Waals surface area contributed by atoms with Crippen LogP contribution in [0.5, 0.6) is 0 Å². The molecular weight excluding hydrogens is 485 g/mol. The molecule has 1 aromatic rings. The summed E-state index contributed by atoms with van der Waals surface area (Å²) in [6.45, 7) is 0. The van der Waals surface area contributed by atoms with Crippen LogP contribution >= 0.6 is 69.6 Å². The molecule has 0 bridgehead atoms. The van der Waals surface area contributed by atoms with Crippen molar-refractivity contribution in [1.29, 1.82) is 0 Å². The van der Waals surface area contributed by atoms with Gasteiger partial charge in [-0.15, -0.1) is 0 Å². The van der Waals surface area contributed by atoms with Crippen LogP contribution in [0.1, 0.15) is 0 Å². The molecule has 0 aromatic heterocycles. The van der Waals surface area contributed by atoms with Gasteiger partial charge in [-0.1, -0.05) is 69.6 Å². The summed E-state index contributed by atoms with van der Waals surface area (Å²) in [5.41, 5.74) is 0. The van der Waals surface area contributed by atoms with Gasteiger partial charge in [0.15, 0.2) is 0 Å². The number of rotatable bonds is 0. The fraction of sp³-hybridized carbons (Fsp3) is 0. The first-order chi connectivity index (χ1) is 5.46. The van der Waals surface area contributed by atoms with Gasteiger partial charge >= 0.3 is 0 Å². The molecular formula is C6Cl6Hg. The summed E-state index contributed by atoms with van der Waals surface area (Å²) in [6.07, 6.45) is 0. The zero-order chi connectivity index (χ0) is 9.46. The van der Waals surface area contributed by atoms with E-state index in [9.17, 15) is 0 Å². The van der Waals surface area contributed by atoms with E-state index in [1.807, 2.05) is 0 Å². The fourth-order valence-electron chi connectivity index (χ4n) is 0.578. The minimum absolute atomic E-state index is 0. The van der Waals surface area contributed by atoms with E-state index in [1.54, 1.807) is 0 Å². The summed E-state index contributed by atoms with van der Waals surface area (Å²) in [6, 6.07) is 0. The molecule has 0 aliphatic carbocycles. The second-order valence-corrected chi connectivity index (χ2v) is 4.15. The van der Waals surface area contributed by atoms with Crippen molar-refractivity contribution in [2.45, 2.75) is 0 Å². The molecule has 7 heteroatoms. The molecule has 0 nitrogen and oxygen atoms in total. The van der Waals surface area contributed by atoms with Crippen molar-refractivity contribution in [1.82, 2.24) is 0 Å². The van der Waals surface area contributed by atoms with E-state index in [1.165, 1.54) is 0 Å². The zero-order valence-electron chi connectivity index (χ0n) is 5.97. The predicted octanol–water partition coefficient (Wildman–Crippen LogP) is 5.60. The van der Waals surface area contributed by atoms with Crippen LogP contribution in [0.3, 0.4) is 0 Å². The van der Waals surface area contributed by atoms with Crippen molar-refractivity contribution < 1.29 is 27.7 Å². The quantitative estimate of drug-likeness (QED) is 0.255. The van der Waals surface area contributed by atoms with Crippen LogP contribution in [0.2, 0.25) is 30.1 Å². The van der Waals surface area contributed by atoms with Gasteiger partial charge < -0.3 is 0 Å². The van der Waals surface area contributed by atoms with Crippen LogP contribution in [0.15, 0.2) is 0 Å². The van der Waals surface area contributed by atoms with Crippen molar-refractivity contribution in [2.24, 2.45) is 0 Å². The fourth-order valence-corrected chi connectivity index (χ4v) is 2.00. The molecule has 13 heavy (non-hydrogen) atoms. The molecule has 1 aromatic carbocycles. The standard InChI is InChI=1S/C6Cl6.Hg/c7-1-2(8)4(10)6(12)5(11)3(1)9;. The van der Waals surface area contributed by atoms with Gasteiger partial charge in [0.2, 0.25) is 0 Å². The summed E-state index contributed by atoms with van der Waals surface area (Å²) in [5.74, 6) is 0. The third kappa shape index (κ3) is 2.93. The van der Waals surface area contributed by atoms with Crippen molar-refractivity contribution >= 4 is 69.6 Å². The molecule has 0 aliphatic heterocycles. The van der Waals surface area contributed by atoms with E-state index in [-0.39, 0.29) is 57.8 Å². The molecule has 0 fully saturated rings. The van der Waals surface area contributed by atoms with Gasteiger partial charge in [-0.3, -0.25) is 0 Å². The van der Waals surface area contributed by atoms with Gasteiger partial charge in [-0.25, -0.2) is 0 Å². The Kier molecular flexibility index (Phi) is 6.69. The first-order valence-corrected chi connectivity index (χ1v) is 4.90. The maximum Gasteiger partial charge on any atom is 0.0810 e. The molecule has 0 saturated heterocycles. The predicted molar refractivity (Wildman–Crippen MR) is 56.5 cm³/mol. The first-order valence-electron chi connectivity index (χ1n) is 2.63. The van der Waals surface area contributed by atoms with E-state index in [4.69, 9.17) is 69.6 Å². The molecule has 0 radical (unpaired) electrons. The van der Waals surface area contributed by atoms with Gasteiger partial charge in [0.25, 0.3) is 0 Å². The maximum absolute atomic E-state index is 5.67. The van der Waals surface area contributed by atoms with Crippen LogP contribution in [0.4, 0.5) is 0 Å². The van der Waals surface area contributed by atoms with E-state index in [2.05, 4.69) is 0 Å². The van der Waals surface area contributed by atoms with E-state index < -0.39 is 0 Å². The Morgan fingerprint density at radius 2 is 0.462 bits per heavy atom.